The second kappa shape index (κ2) is 15.6. The zero-order chi connectivity index (χ0) is 25.5. The predicted molar refractivity (Wildman–Crippen MR) is 145 cm³/mol. The normalized spacial score (nSPS) is 13.3. The van der Waals surface area contributed by atoms with E-state index in [1.54, 1.807) is 0 Å². The molecule has 0 heterocycles. The molecule has 2 rings (SSSR count). The average molecular weight is 483 g/mol. The van der Waals surface area contributed by atoms with Gasteiger partial charge < -0.3 is 14.0 Å². The molecule has 2 aromatic rings. The zero-order valence-electron chi connectivity index (χ0n) is 22.8. The van der Waals surface area contributed by atoms with Gasteiger partial charge in [0.15, 0.2) is 6.04 Å². The Kier molecular flexibility index (Phi) is 12.9. The van der Waals surface area contributed by atoms with Gasteiger partial charge in [-0.15, -0.1) is 0 Å². The van der Waals surface area contributed by atoms with Crippen LogP contribution in [0.5, 0.6) is 5.75 Å². The van der Waals surface area contributed by atoms with Gasteiger partial charge in [-0.05, 0) is 31.4 Å². The molecule has 0 aliphatic carbocycles. The number of hydrogen-bond donors (Lipinski definition) is 0. The molecule has 2 unspecified atom stereocenters. The number of likely N-dealkylation sites (N-methyl/N-ethyl adjacent to an activating group) is 1. The van der Waals surface area contributed by atoms with Crippen molar-refractivity contribution in [2.45, 2.75) is 104 Å². The molecule has 0 spiro atoms. The highest BCUT2D eigenvalue weighted by atomic mass is 16.7. The van der Waals surface area contributed by atoms with Crippen LogP contribution < -0.4 is 4.74 Å². The molecule has 0 bridgehead atoms. The van der Waals surface area contributed by atoms with Crippen LogP contribution in [0, 0.1) is 0 Å². The molecule has 0 amide bonds. The molecule has 0 aliphatic heterocycles. The molecule has 4 nitrogen and oxygen atoms in total. The van der Waals surface area contributed by atoms with Crippen molar-refractivity contribution in [1.82, 2.24) is 0 Å². The first-order valence-electron chi connectivity index (χ1n) is 13.7. The highest BCUT2D eigenvalue weighted by Crippen LogP contribution is 2.24. The zero-order valence-corrected chi connectivity index (χ0v) is 22.8. The van der Waals surface area contributed by atoms with Crippen molar-refractivity contribution < 1.29 is 18.8 Å². The number of nitrogens with zero attached hydrogens (tertiary/aromatic N) is 1. The maximum absolute atomic E-state index is 13.0. The lowest BCUT2D eigenvalue weighted by molar-refractivity contribution is -0.917. The monoisotopic (exact) mass is 482 g/mol. The van der Waals surface area contributed by atoms with Crippen molar-refractivity contribution in [3.05, 3.63) is 65.7 Å². The summed E-state index contributed by atoms with van der Waals surface area (Å²) in [5.41, 5.74) is 2.40. The Morgan fingerprint density at radius 3 is 2.09 bits per heavy atom. The summed E-state index contributed by atoms with van der Waals surface area (Å²) in [5.74, 6) is 0.610. The summed E-state index contributed by atoms with van der Waals surface area (Å²) in [6.45, 7) is 6.95. The Bertz CT molecular complexity index is 849. The summed E-state index contributed by atoms with van der Waals surface area (Å²) in [6.07, 6.45) is 11.4. The molecule has 0 aromatic heterocycles. The number of quaternary nitrogens is 1. The van der Waals surface area contributed by atoms with Gasteiger partial charge in [-0.3, -0.25) is 0 Å². The third kappa shape index (κ3) is 10.4. The third-order valence-corrected chi connectivity index (χ3v) is 6.93. The lowest BCUT2D eigenvalue weighted by Crippen LogP contribution is -2.52. The number of hydrogen-bond acceptors (Lipinski definition) is 3. The summed E-state index contributed by atoms with van der Waals surface area (Å²) in [5, 5.41) is 0. The van der Waals surface area contributed by atoms with E-state index in [4.69, 9.17) is 9.47 Å². The smallest absolute Gasteiger partial charge is 0.367 e. The average Bonchev–Trinajstić information content (AvgIpc) is 2.85. The van der Waals surface area contributed by atoms with Crippen LogP contribution in [0.4, 0.5) is 0 Å². The molecular weight excluding hydrogens is 434 g/mol. The van der Waals surface area contributed by atoms with Gasteiger partial charge in [-0.25, -0.2) is 4.79 Å². The molecule has 0 N–H and O–H groups in total. The van der Waals surface area contributed by atoms with Crippen LogP contribution in [-0.2, 0) is 22.5 Å². The number of carbonyl (C=O) groups excluding carboxylic acids is 1. The van der Waals surface area contributed by atoms with Crippen LogP contribution >= 0.6 is 0 Å². The fourth-order valence-corrected chi connectivity index (χ4v) is 4.31. The van der Waals surface area contributed by atoms with Crippen molar-refractivity contribution in [2.24, 2.45) is 0 Å². The number of rotatable bonds is 17. The number of benzene rings is 2. The van der Waals surface area contributed by atoms with Crippen LogP contribution in [0.15, 0.2) is 54.6 Å². The van der Waals surface area contributed by atoms with Crippen LogP contribution in [0.2, 0.25) is 0 Å². The Morgan fingerprint density at radius 2 is 1.43 bits per heavy atom. The van der Waals surface area contributed by atoms with Crippen molar-refractivity contribution >= 4 is 5.97 Å². The molecule has 0 aliphatic rings. The van der Waals surface area contributed by atoms with Gasteiger partial charge in [0.05, 0.1) is 14.1 Å². The van der Waals surface area contributed by atoms with Gasteiger partial charge in [-0.1, -0.05) is 107 Å². The molecule has 0 saturated heterocycles. The number of ether oxygens (including phenoxy) is 2. The first-order chi connectivity index (χ1) is 16.9. The minimum atomic E-state index is -0.582. The molecular formula is C31H48NO3+. The van der Waals surface area contributed by atoms with Gasteiger partial charge in [-0.2, -0.15) is 0 Å². The predicted octanol–water partition coefficient (Wildman–Crippen LogP) is 7.69. The van der Waals surface area contributed by atoms with Crippen molar-refractivity contribution in [2.75, 3.05) is 14.1 Å². The summed E-state index contributed by atoms with van der Waals surface area (Å²) in [4.78, 5) is 13.0. The molecule has 4 heteroatoms. The van der Waals surface area contributed by atoms with E-state index in [1.807, 2.05) is 44.2 Å². The third-order valence-electron chi connectivity index (χ3n) is 6.93. The van der Waals surface area contributed by atoms with E-state index in [0.29, 0.717) is 10.9 Å². The summed E-state index contributed by atoms with van der Waals surface area (Å²) in [7, 11) is 4.14. The van der Waals surface area contributed by atoms with Crippen LogP contribution in [0.1, 0.15) is 89.7 Å². The quantitative estimate of drug-likeness (QED) is 0.100. The lowest BCUT2D eigenvalue weighted by Gasteiger charge is -2.35. The summed E-state index contributed by atoms with van der Waals surface area (Å²) < 4.78 is 12.6. The van der Waals surface area contributed by atoms with Gasteiger partial charge in [0.1, 0.15) is 12.3 Å². The number of carbonyl (C=O) groups is 1. The molecule has 194 valence electrons. The summed E-state index contributed by atoms with van der Waals surface area (Å²) in [6, 6.07) is 18.1. The Labute approximate surface area is 214 Å². The Balaban J connectivity index is 1.87. The number of esters is 1. The number of aryl methyl sites for hydroxylation is 1. The van der Waals surface area contributed by atoms with E-state index in [1.165, 1.54) is 56.1 Å². The van der Waals surface area contributed by atoms with E-state index in [0.717, 1.165) is 25.1 Å². The molecule has 2 aromatic carbocycles. The van der Waals surface area contributed by atoms with Crippen LogP contribution in [0.25, 0.3) is 0 Å². The van der Waals surface area contributed by atoms with Gasteiger partial charge in [0.2, 0.25) is 6.29 Å². The maximum atomic E-state index is 13.0. The van der Waals surface area contributed by atoms with Crippen LogP contribution in [0.3, 0.4) is 0 Å². The fraction of sp³-hybridized carbons (Fsp3) is 0.581. The topological polar surface area (TPSA) is 35.5 Å². The number of unbranched alkanes of at least 4 members (excludes halogenated alkanes) is 7. The maximum Gasteiger partial charge on any atom is 0.367 e. The van der Waals surface area contributed by atoms with Gasteiger partial charge in [0.25, 0.3) is 0 Å². The molecule has 35 heavy (non-hydrogen) atoms. The molecule has 0 fully saturated rings. The molecule has 2 atom stereocenters. The van der Waals surface area contributed by atoms with E-state index < -0.39 is 6.29 Å². The van der Waals surface area contributed by atoms with Crippen molar-refractivity contribution in [1.29, 1.82) is 0 Å². The fourth-order valence-electron chi connectivity index (χ4n) is 4.31. The Hall–Kier alpha value is -2.33. The first-order valence-corrected chi connectivity index (χ1v) is 13.7. The van der Waals surface area contributed by atoms with E-state index in [-0.39, 0.29) is 12.0 Å². The van der Waals surface area contributed by atoms with E-state index >= 15 is 0 Å². The van der Waals surface area contributed by atoms with Gasteiger partial charge >= 0.3 is 5.97 Å². The van der Waals surface area contributed by atoms with Gasteiger partial charge in [0, 0.05) is 12.0 Å². The minimum absolute atomic E-state index is 0.224. The SMILES string of the molecule is CCCCCCCCCCc1ccccc1OC(CC)OC(=O)C(C)[N+](C)(C)Cc1ccccc1. The van der Waals surface area contributed by atoms with Crippen molar-refractivity contribution in [3.63, 3.8) is 0 Å². The van der Waals surface area contributed by atoms with Crippen LogP contribution in [-0.4, -0.2) is 36.9 Å². The lowest BCUT2D eigenvalue weighted by atomic mass is 10.0. The second-order valence-corrected chi connectivity index (χ2v) is 10.3. The first kappa shape index (κ1) is 28.9. The largest absolute Gasteiger partial charge is 0.455 e. The molecule has 0 radical (unpaired) electrons. The van der Waals surface area contributed by atoms with E-state index in [2.05, 4.69) is 45.3 Å². The second-order valence-electron chi connectivity index (χ2n) is 10.3. The highest BCUT2D eigenvalue weighted by molar-refractivity contribution is 5.74. The van der Waals surface area contributed by atoms with E-state index in [9.17, 15) is 4.79 Å². The minimum Gasteiger partial charge on any atom is -0.455 e. The van der Waals surface area contributed by atoms with Crippen molar-refractivity contribution in [3.8, 4) is 5.75 Å². The number of para-hydroxylation sites is 1. The summed E-state index contributed by atoms with van der Waals surface area (Å²) >= 11 is 0. The highest BCUT2D eigenvalue weighted by Gasteiger charge is 2.34. The molecule has 0 saturated carbocycles. The Morgan fingerprint density at radius 1 is 0.829 bits per heavy atom. The standard InChI is InChI=1S/C31H48NO3/c1-6-8-9-10-11-12-13-17-22-28-23-18-19-24-29(28)34-30(7-2)35-31(33)26(3)32(4,5)25-27-20-15-14-16-21-27/h14-16,18-21,23-24,26,30H,6-13,17,22,25H2,1-5H3/q+1.